The smallest absolute Gasteiger partial charge is 0.337 e. The van der Waals surface area contributed by atoms with Gasteiger partial charge in [-0.2, -0.15) is 0 Å². The predicted octanol–water partition coefficient (Wildman–Crippen LogP) is 8.12. The van der Waals surface area contributed by atoms with Crippen LogP contribution in [0.25, 0.3) is 22.1 Å². The molecule has 11 nitrogen and oxygen atoms in total. The predicted molar refractivity (Wildman–Crippen MR) is 243 cm³/mol. The van der Waals surface area contributed by atoms with Crippen molar-refractivity contribution < 1.29 is 14.3 Å². The number of esters is 1. The van der Waals surface area contributed by atoms with Crippen LogP contribution >= 0.6 is 0 Å². The first-order valence-electron chi connectivity index (χ1n) is 21.1. The third-order valence-electron chi connectivity index (χ3n) is 12.0. The van der Waals surface area contributed by atoms with E-state index < -0.39 is 0 Å². The van der Waals surface area contributed by atoms with E-state index in [-0.39, 0.29) is 26.7 Å². The van der Waals surface area contributed by atoms with E-state index in [0.29, 0.717) is 18.0 Å². The molecule has 11 heteroatoms. The molecule has 10 rings (SSSR count). The van der Waals surface area contributed by atoms with E-state index in [4.69, 9.17) is 0 Å². The van der Waals surface area contributed by atoms with E-state index in [1.54, 1.807) is 12.1 Å². The van der Waals surface area contributed by atoms with Gasteiger partial charge in [0.1, 0.15) is 11.6 Å². The van der Waals surface area contributed by atoms with Gasteiger partial charge >= 0.3 is 5.97 Å². The van der Waals surface area contributed by atoms with E-state index in [9.17, 15) is 9.59 Å². The Kier molecular flexibility index (Phi) is 15.7. The van der Waals surface area contributed by atoms with Gasteiger partial charge in [-0.3, -0.25) is 14.6 Å². The lowest BCUT2D eigenvalue weighted by molar-refractivity contribution is 0.0600. The summed E-state index contributed by atoms with van der Waals surface area (Å²) in [6.07, 6.45) is 9.39. The quantitative estimate of drug-likeness (QED) is 0.132. The minimum atomic E-state index is -0.319. The molecule has 3 N–H and O–H groups in total. The van der Waals surface area contributed by atoms with Gasteiger partial charge in [0, 0.05) is 50.1 Å². The van der Waals surface area contributed by atoms with E-state index in [1.165, 1.54) is 78.5 Å². The van der Waals surface area contributed by atoms with Gasteiger partial charge in [-0.15, -0.1) is 0 Å². The number of para-hydroxylation sites is 4. The molecule has 0 radical (unpaired) electrons. The number of aromatic amines is 2. The summed E-state index contributed by atoms with van der Waals surface area (Å²) in [4.78, 5) is 47.3. The van der Waals surface area contributed by atoms with Crippen LogP contribution in [0.2, 0.25) is 0 Å². The fraction of sp³-hybridized carbons (Fsp3) is 0.429. The van der Waals surface area contributed by atoms with Crippen LogP contribution in [0.4, 0.5) is 0 Å². The van der Waals surface area contributed by atoms with Crippen LogP contribution in [-0.4, -0.2) is 118 Å². The minimum absolute atomic E-state index is 0. The van der Waals surface area contributed by atoms with Crippen molar-refractivity contribution in [2.45, 2.75) is 78.3 Å². The Hall–Kier alpha value is -5.36. The Bertz CT molecular complexity index is 2170. The van der Waals surface area contributed by atoms with Crippen LogP contribution in [-0.2, 0) is 17.6 Å². The van der Waals surface area contributed by atoms with Gasteiger partial charge in [-0.1, -0.05) is 63.4 Å². The molecule has 4 fully saturated rings. The van der Waals surface area contributed by atoms with Crippen molar-refractivity contribution in [3.05, 3.63) is 131 Å². The van der Waals surface area contributed by atoms with Crippen molar-refractivity contribution in [2.24, 2.45) is 0 Å². The number of nitrogens with zero attached hydrogens (tertiary/aromatic N) is 5. The summed E-state index contributed by atoms with van der Waals surface area (Å²) >= 11 is 0. The highest BCUT2D eigenvalue weighted by atomic mass is 16.5. The topological polar surface area (TPSA) is 122 Å². The molecule has 318 valence electrons. The average Bonchev–Trinajstić information content (AvgIpc) is 4.12. The average molecular weight is 813 g/mol. The molecular formula is C49H64N8O3. The molecule has 4 aliphatic heterocycles. The Morgan fingerprint density at radius 1 is 0.633 bits per heavy atom. The minimum Gasteiger partial charge on any atom is -0.465 e. The van der Waals surface area contributed by atoms with E-state index in [2.05, 4.69) is 51.9 Å². The summed E-state index contributed by atoms with van der Waals surface area (Å²) in [7, 11) is 1.38. The third-order valence-corrected chi connectivity index (χ3v) is 12.0. The maximum atomic E-state index is 12.9. The number of H-pyrrole nitrogens is 2. The van der Waals surface area contributed by atoms with Crippen molar-refractivity contribution in [3.8, 4) is 0 Å². The normalized spacial score (nSPS) is 18.9. The second kappa shape index (κ2) is 21.2. The summed E-state index contributed by atoms with van der Waals surface area (Å²) in [6, 6.07) is 32.8. The number of ether oxygens (including phenoxy) is 1. The zero-order valence-electron chi connectivity index (χ0n) is 33.7. The number of fused-ring (bicyclic) bond motifs is 2. The number of benzene rings is 4. The Balaban J connectivity index is 0.000000164. The van der Waals surface area contributed by atoms with Crippen LogP contribution in [0.5, 0.6) is 0 Å². The van der Waals surface area contributed by atoms with E-state index in [1.807, 2.05) is 77.7 Å². The van der Waals surface area contributed by atoms with Gasteiger partial charge < -0.3 is 24.9 Å². The van der Waals surface area contributed by atoms with Crippen molar-refractivity contribution in [3.63, 3.8) is 0 Å². The Morgan fingerprint density at radius 2 is 1.13 bits per heavy atom. The SMILES string of the molecule is C.C.C1CCN([C@H]2CCNC2)C1.COC(=O)c1ccc(Cc2nc3ccccc3[nH]2)cc1.O=C(c1ccc(Cc2nc3ccccc3[nH]2)cc1)N1CC[C@H](N2CCCC2)C1. The molecule has 1 amide bonds. The number of rotatable bonds is 8. The van der Waals surface area contributed by atoms with Crippen LogP contribution in [0, 0.1) is 0 Å². The molecule has 0 saturated carbocycles. The number of methoxy groups -OCH3 is 1. The van der Waals surface area contributed by atoms with Crippen LogP contribution in [0.15, 0.2) is 97.1 Å². The number of aromatic nitrogens is 4. The number of imidazole rings is 2. The molecule has 0 spiro atoms. The molecule has 0 bridgehead atoms. The lowest BCUT2D eigenvalue weighted by atomic mass is 10.1. The standard InChI is InChI=1S/C23H26N4O.C16H14N2O2.C8H16N2.2CH4/c28-23(27-14-11-19(16-27)26-12-3-4-13-26)18-9-7-17(8-10-18)15-22-24-20-5-1-2-6-21(20)25-22;1-20-16(19)12-8-6-11(7-9-12)10-15-17-13-4-2-3-5-14(13)18-15;1-2-6-10(5-1)8-3-4-9-7-8;;/h1-2,5-10,19H,3-4,11-16H2,(H,24,25);2-9H,10H2,1H3,(H,17,18);8-9H,1-7H2;2*1H4/t19-;;8-;;/m0.0../s1. The van der Waals surface area contributed by atoms with Gasteiger partial charge in [0.25, 0.3) is 5.91 Å². The maximum Gasteiger partial charge on any atom is 0.337 e. The van der Waals surface area contributed by atoms with Crippen LogP contribution < -0.4 is 5.32 Å². The molecule has 6 aromatic rings. The fourth-order valence-corrected chi connectivity index (χ4v) is 8.78. The number of carbonyl (C=O) groups excluding carboxylic acids is 2. The van der Waals surface area contributed by atoms with Gasteiger partial charge in [-0.05, 0) is 131 Å². The van der Waals surface area contributed by atoms with E-state index in [0.717, 1.165) is 82.4 Å². The largest absolute Gasteiger partial charge is 0.465 e. The van der Waals surface area contributed by atoms with Crippen molar-refractivity contribution >= 4 is 33.9 Å². The number of amides is 1. The summed E-state index contributed by atoms with van der Waals surface area (Å²) < 4.78 is 4.68. The van der Waals surface area contributed by atoms with Crippen molar-refractivity contribution in [1.82, 2.24) is 40.0 Å². The zero-order chi connectivity index (χ0) is 39.7. The molecule has 6 heterocycles. The molecule has 4 saturated heterocycles. The zero-order valence-corrected chi connectivity index (χ0v) is 33.7. The molecule has 2 atom stereocenters. The second-order valence-electron chi connectivity index (χ2n) is 16.0. The summed E-state index contributed by atoms with van der Waals surface area (Å²) in [5.41, 5.74) is 7.65. The first-order chi connectivity index (χ1) is 28.5. The summed E-state index contributed by atoms with van der Waals surface area (Å²) in [5.74, 6) is 1.71. The molecule has 0 unspecified atom stereocenters. The second-order valence-corrected chi connectivity index (χ2v) is 16.0. The fourth-order valence-electron chi connectivity index (χ4n) is 8.78. The highest BCUT2D eigenvalue weighted by molar-refractivity contribution is 5.94. The van der Waals surface area contributed by atoms with Gasteiger partial charge in [0.05, 0.1) is 34.7 Å². The molecule has 4 aliphatic rings. The monoisotopic (exact) mass is 813 g/mol. The number of likely N-dealkylation sites (tertiary alicyclic amines) is 3. The molecule has 4 aromatic carbocycles. The lowest BCUT2D eigenvalue weighted by Gasteiger charge is -2.23. The highest BCUT2D eigenvalue weighted by Gasteiger charge is 2.32. The van der Waals surface area contributed by atoms with E-state index >= 15 is 0 Å². The maximum absolute atomic E-state index is 12.9. The Labute approximate surface area is 355 Å². The van der Waals surface area contributed by atoms with Gasteiger partial charge in [0.15, 0.2) is 0 Å². The molecule has 0 aliphatic carbocycles. The van der Waals surface area contributed by atoms with Gasteiger partial charge in [-0.25, -0.2) is 14.8 Å². The number of hydrogen-bond acceptors (Lipinski definition) is 8. The first kappa shape index (κ1) is 44.2. The third kappa shape index (κ3) is 11.1. The molecule has 60 heavy (non-hydrogen) atoms. The van der Waals surface area contributed by atoms with Crippen molar-refractivity contribution in [2.75, 3.05) is 59.5 Å². The van der Waals surface area contributed by atoms with Crippen LogP contribution in [0.1, 0.15) is 96.9 Å². The summed E-state index contributed by atoms with van der Waals surface area (Å²) in [6.45, 7) is 9.33. The van der Waals surface area contributed by atoms with Gasteiger partial charge in [0.2, 0.25) is 0 Å². The number of hydrogen-bond donors (Lipinski definition) is 3. The molecular weight excluding hydrogens is 749 g/mol. The van der Waals surface area contributed by atoms with Crippen LogP contribution in [0.3, 0.4) is 0 Å². The number of carbonyl (C=O) groups is 2. The molecule has 2 aromatic heterocycles. The number of nitrogens with one attached hydrogen (secondary N) is 3. The first-order valence-corrected chi connectivity index (χ1v) is 21.1. The lowest BCUT2D eigenvalue weighted by Crippen LogP contribution is -2.37. The van der Waals surface area contributed by atoms with Crippen molar-refractivity contribution in [1.29, 1.82) is 0 Å². The summed E-state index contributed by atoms with van der Waals surface area (Å²) in [5, 5.41) is 3.41. The Morgan fingerprint density at radius 3 is 1.62 bits per heavy atom. The highest BCUT2D eigenvalue weighted by Crippen LogP contribution is 2.23.